The Morgan fingerprint density at radius 3 is 2.48 bits per heavy atom. The zero-order valence-electron chi connectivity index (χ0n) is 14.8. The van der Waals surface area contributed by atoms with Crippen LogP contribution >= 0.6 is 0 Å². The van der Waals surface area contributed by atoms with Gasteiger partial charge in [0.25, 0.3) is 0 Å². The summed E-state index contributed by atoms with van der Waals surface area (Å²) in [4.78, 5) is 14.8. The van der Waals surface area contributed by atoms with Crippen molar-refractivity contribution < 1.29 is 4.79 Å². The lowest BCUT2D eigenvalue weighted by molar-refractivity contribution is -0.133. The molecule has 0 aliphatic rings. The van der Waals surface area contributed by atoms with Crippen LogP contribution in [0.3, 0.4) is 0 Å². The van der Waals surface area contributed by atoms with Crippen molar-refractivity contribution in [2.45, 2.75) is 40.2 Å². The zero-order chi connectivity index (χ0) is 17.0. The second-order valence-electron chi connectivity index (χ2n) is 6.63. The number of nitrogens with zero attached hydrogens (tertiary/aromatic N) is 3. The van der Waals surface area contributed by atoms with E-state index in [0.29, 0.717) is 12.3 Å². The van der Waals surface area contributed by atoms with Crippen molar-refractivity contribution in [3.8, 4) is 0 Å². The first kappa shape index (κ1) is 17.3. The minimum absolute atomic E-state index is 0.0646. The molecule has 1 heterocycles. The summed E-state index contributed by atoms with van der Waals surface area (Å²) in [5.41, 5.74) is 3.25. The molecule has 0 radical (unpaired) electrons. The second-order valence-corrected chi connectivity index (χ2v) is 6.63. The van der Waals surface area contributed by atoms with Gasteiger partial charge in [-0.05, 0) is 37.0 Å². The standard InChI is InChI=1S/C19H27N3O/c1-14(2)13-22(16(4)18-9-7-6-8-15(18)3)19(23)12-17-10-11-21(5)20-17/h6-11,14,16H,12-13H2,1-5H3. The normalized spacial score (nSPS) is 12.4. The highest BCUT2D eigenvalue weighted by Gasteiger charge is 2.24. The summed E-state index contributed by atoms with van der Waals surface area (Å²) in [6.07, 6.45) is 2.23. The molecule has 2 rings (SSSR count). The number of carbonyl (C=O) groups is 1. The predicted molar refractivity (Wildman–Crippen MR) is 93.1 cm³/mol. The molecule has 1 aromatic heterocycles. The fourth-order valence-electron chi connectivity index (χ4n) is 2.91. The average molecular weight is 313 g/mol. The Kier molecular flexibility index (Phi) is 5.59. The Hall–Kier alpha value is -2.10. The molecule has 0 N–H and O–H groups in total. The van der Waals surface area contributed by atoms with Gasteiger partial charge in [0.1, 0.15) is 0 Å². The van der Waals surface area contributed by atoms with Gasteiger partial charge in [-0.2, -0.15) is 5.10 Å². The van der Waals surface area contributed by atoms with Crippen molar-refractivity contribution >= 4 is 5.91 Å². The first-order valence-electron chi connectivity index (χ1n) is 8.22. The average Bonchev–Trinajstić information content (AvgIpc) is 2.89. The van der Waals surface area contributed by atoms with Gasteiger partial charge >= 0.3 is 0 Å². The van der Waals surface area contributed by atoms with Crippen LogP contribution in [0.25, 0.3) is 0 Å². The number of carbonyl (C=O) groups excluding carboxylic acids is 1. The minimum Gasteiger partial charge on any atom is -0.335 e. The zero-order valence-corrected chi connectivity index (χ0v) is 14.8. The van der Waals surface area contributed by atoms with E-state index in [1.807, 2.05) is 36.3 Å². The molecule has 124 valence electrons. The molecule has 0 bridgehead atoms. The molecule has 0 saturated carbocycles. The number of hydrogen-bond acceptors (Lipinski definition) is 2. The molecule has 1 unspecified atom stereocenters. The highest BCUT2D eigenvalue weighted by Crippen LogP contribution is 2.25. The first-order valence-corrected chi connectivity index (χ1v) is 8.22. The molecule has 0 fully saturated rings. The number of amides is 1. The molecule has 2 aromatic rings. The molecule has 1 atom stereocenters. The maximum Gasteiger partial charge on any atom is 0.229 e. The number of aryl methyl sites for hydroxylation is 2. The SMILES string of the molecule is Cc1ccccc1C(C)N(CC(C)C)C(=O)Cc1ccn(C)n1. The molecule has 0 spiro atoms. The molecule has 23 heavy (non-hydrogen) atoms. The van der Waals surface area contributed by atoms with E-state index in [9.17, 15) is 4.79 Å². The topological polar surface area (TPSA) is 38.1 Å². The van der Waals surface area contributed by atoms with Crippen LogP contribution in [0.15, 0.2) is 36.5 Å². The number of rotatable bonds is 6. The molecular formula is C19H27N3O. The number of benzene rings is 1. The number of aromatic nitrogens is 2. The van der Waals surface area contributed by atoms with Crippen LogP contribution in [0.5, 0.6) is 0 Å². The van der Waals surface area contributed by atoms with Crippen LogP contribution in [-0.4, -0.2) is 27.1 Å². The van der Waals surface area contributed by atoms with Gasteiger partial charge in [0.2, 0.25) is 5.91 Å². The molecule has 0 aliphatic heterocycles. The summed E-state index contributed by atoms with van der Waals surface area (Å²) in [6.45, 7) is 9.25. The van der Waals surface area contributed by atoms with Crippen molar-refractivity contribution in [1.82, 2.24) is 14.7 Å². The minimum atomic E-state index is 0.0646. The Morgan fingerprint density at radius 2 is 1.91 bits per heavy atom. The van der Waals surface area contributed by atoms with Crippen molar-refractivity contribution in [2.24, 2.45) is 13.0 Å². The Balaban J connectivity index is 2.22. The van der Waals surface area contributed by atoms with Gasteiger partial charge in [-0.25, -0.2) is 0 Å². The van der Waals surface area contributed by atoms with Crippen molar-refractivity contribution in [1.29, 1.82) is 0 Å². The molecule has 1 aromatic carbocycles. The van der Waals surface area contributed by atoms with Crippen LogP contribution in [0, 0.1) is 12.8 Å². The van der Waals surface area contributed by atoms with Crippen molar-refractivity contribution in [3.63, 3.8) is 0 Å². The van der Waals surface area contributed by atoms with E-state index in [4.69, 9.17) is 0 Å². The van der Waals surface area contributed by atoms with E-state index in [-0.39, 0.29) is 11.9 Å². The predicted octanol–water partition coefficient (Wildman–Crippen LogP) is 3.52. The molecular weight excluding hydrogens is 286 g/mol. The van der Waals surface area contributed by atoms with Gasteiger partial charge in [-0.1, -0.05) is 38.1 Å². The Labute approximate surface area is 139 Å². The maximum absolute atomic E-state index is 12.9. The fraction of sp³-hybridized carbons (Fsp3) is 0.474. The Bertz CT molecular complexity index is 660. The van der Waals surface area contributed by atoms with Crippen LogP contribution in [0.4, 0.5) is 0 Å². The molecule has 0 saturated heterocycles. The van der Waals surface area contributed by atoms with E-state index >= 15 is 0 Å². The van der Waals surface area contributed by atoms with E-state index < -0.39 is 0 Å². The van der Waals surface area contributed by atoms with E-state index in [1.165, 1.54) is 11.1 Å². The lowest BCUT2D eigenvalue weighted by Crippen LogP contribution is -2.37. The van der Waals surface area contributed by atoms with Gasteiger partial charge in [0.05, 0.1) is 18.2 Å². The summed E-state index contributed by atoms with van der Waals surface area (Å²) in [5, 5.41) is 4.33. The fourth-order valence-corrected chi connectivity index (χ4v) is 2.91. The maximum atomic E-state index is 12.9. The van der Waals surface area contributed by atoms with Crippen LogP contribution in [0.2, 0.25) is 0 Å². The molecule has 4 heteroatoms. The third-order valence-corrected chi connectivity index (χ3v) is 4.09. The lowest BCUT2D eigenvalue weighted by atomic mass is 10.00. The van der Waals surface area contributed by atoms with Gasteiger partial charge in [-0.15, -0.1) is 0 Å². The lowest BCUT2D eigenvalue weighted by Gasteiger charge is -2.32. The van der Waals surface area contributed by atoms with Gasteiger partial charge in [0.15, 0.2) is 0 Å². The summed E-state index contributed by atoms with van der Waals surface area (Å²) >= 11 is 0. The highest BCUT2D eigenvalue weighted by atomic mass is 16.2. The molecule has 4 nitrogen and oxygen atoms in total. The first-order chi connectivity index (χ1) is 10.9. The quantitative estimate of drug-likeness (QED) is 0.818. The summed E-state index contributed by atoms with van der Waals surface area (Å²) in [6, 6.07) is 10.3. The third kappa shape index (κ3) is 4.44. The summed E-state index contributed by atoms with van der Waals surface area (Å²) < 4.78 is 1.74. The van der Waals surface area contributed by atoms with Crippen LogP contribution < -0.4 is 0 Å². The van der Waals surface area contributed by atoms with E-state index in [2.05, 4.69) is 44.9 Å². The largest absolute Gasteiger partial charge is 0.335 e. The summed E-state index contributed by atoms with van der Waals surface area (Å²) in [7, 11) is 1.87. The van der Waals surface area contributed by atoms with Crippen molar-refractivity contribution in [3.05, 3.63) is 53.3 Å². The second kappa shape index (κ2) is 7.44. The van der Waals surface area contributed by atoms with Gasteiger partial charge in [-0.3, -0.25) is 9.48 Å². The third-order valence-electron chi connectivity index (χ3n) is 4.09. The molecule has 1 amide bonds. The van der Waals surface area contributed by atoms with Crippen LogP contribution in [-0.2, 0) is 18.3 Å². The number of hydrogen-bond donors (Lipinski definition) is 0. The monoisotopic (exact) mass is 313 g/mol. The van der Waals surface area contributed by atoms with Crippen molar-refractivity contribution in [2.75, 3.05) is 6.54 Å². The van der Waals surface area contributed by atoms with E-state index in [0.717, 1.165) is 12.2 Å². The van der Waals surface area contributed by atoms with Gasteiger partial charge in [0, 0.05) is 19.8 Å². The van der Waals surface area contributed by atoms with E-state index in [1.54, 1.807) is 4.68 Å². The smallest absolute Gasteiger partial charge is 0.229 e. The van der Waals surface area contributed by atoms with Gasteiger partial charge < -0.3 is 4.90 Å². The highest BCUT2D eigenvalue weighted by molar-refractivity contribution is 5.78. The van der Waals surface area contributed by atoms with Crippen LogP contribution in [0.1, 0.15) is 43.6 Å². The molecule has 0 aliphatic carbocycles. The Morgan fingerprint density at radius 1 is 1.22 bits per heavy atom. The summed E-state index contributed by atoms with van der Waals surface area (Å²) in [5.74, 6) is 0.558.